The molecular formula is C8H6ClN3O. The Labute approximate surface area is 78.8 Å². The van der Waals surface area contributed by atoms with Crippen molar-refractivity contribution in [3.63, 3.8) is 0 Å². The molecule has 4 nitrogen and oxygen atoms in total. The van der Waals surface area contributed by atoms with Gasteiger partial charge >= 0.3 is 0 Å². The average molecular weight is 196 g/mol. The molecular weight excluding hydrogens is 190 g/mol. The highest BCUT2D eigenvalue weighted by atomic mass is 35.5. The van der Waals surface area contributed by atoms with Crippen LogP contribution in [0.25, 0.3) is 5.69 Å². The van der Waals surface area contributed by atoms with E-state index in [-0.39, 0.29) is 5.56 Å². The minimum absolute atomic E-state index is 0.192. The Morgan fingerprint density at radius 1 is 1.54 bits per heavy atom. The van der Waals surface area contributed by atoms with Crippen molar-refractivity contribution in [1.29, 1.82) is 0 Å². The summed E-state index contributed by atoms with van der Waals surface area (Å²) in [5.41, 5.74) is 0.271. The maximum absolute atomic E-state index is 11.3. The van der Waals surface area contributed by atoms with E-state index in [2.05, 4.69) is 9.97 Å². The lowest BCUT2D eigenvalue weighted by Crippen LogP contribution is -2.12. The smallest absolute Gasteiger partial charge is 0.272 e. The van der Waals surface area contributed by atoms with Crippen LogP contribution in [0.15, 0.2) is 35.8 Å². The van der Waals surface area contributed by atoms with Crippen LogP contribution in [0.3, 0.4) is 0 Å². The lowest BCUT2D eigenvalue weighted by atomic mass is 10.4. The van der Waals surface area contributed by atoms with Gasteiger partial charge in [-0.3, -0.25) is 4.79 Å². The second-order valence-electron chi connectivity index (χ2n) is 2.50. The molecule has 2 heterocycles. The largest absolute Gasteiger partial charge is 0.326 e. The molecule has 2 rings (SSSR count). The second kappa shape index (κ2) is 3.06. The Bertz CT molecular complexity index is 460. The molecule has 13 heavy (non-hydrogen) atoms. The molecule has 2 aromatic heterocycles. The van der Waals surface area contributed by atoms with E-state index in [1.165, 1.54) is 6.20 Å². The molecule has 0 unspecified atom stereocenters. The summed E-state index contributed by atoms with van der Waals surface area (Å²) in [7, 11) is 0. The van der Waals surface area contributed by atoms with Gasteiger partial charge < -0.3 is 9.55 Å². The molecule has 2 aromatic rings. The molecule has 0 amide bonds. The number of hydrogen-bond donors (Lipinski definition) is 1. The van der Waals surface area contributed by atoms with Crippen LogP contribution in [0.4, 0.5) is 0 Å². The first kappa shape index (κ1) is 8.07. The summed E-state index contributed by atoms with van der Waals surface area (Å²) in [5.74, 6) is 0. The highest BCUT2D eigenvalue weighted by molar-refractivity contribution is 6.30. The predicted molar refractivity (Wildman–Crippen MR) is 49.2 cm³/mol. The van der Waals surface area contributed by atoms with Crippen LogP contribution < -0.4 is 5.56 Å². The number of imidazole rings is 1. The fourth-order valence-electron chi connectivity index (χ4n) is 1.04. The van der Waals surface area contributed by atoms with Gasteiger partial charge in [-0.15, -0.1) is 0 Å². The molecule has 0 bridgehead atoms. The van der Waals surface area contributed by atoms with Gasteiger partial charge in [-0.05, 0) is 6.07 Å². The summed E-state index contributed by atoms with van der Waals surface area (Å²) in [4.78, 5) is 17.7. The number of halogens is 1. The number of rotatable bonds is 1. The molecule has 0 aliphatic heterocycles. The van der Waals surface area contributed by atoms with Crippen molar-refractivity contribution in [2.75, 3.05) is 0 Å². The van der Waals surface area contributed by atoms with Gasteiger partial charge in [0.05, 0.1) is 11.3 Å². The second-order valence-corrected chi connectivity index (χ2v) is 2.94. The summed E-state index contributed by atoms with van der Waals surface area (Å²) in [6, 6.07) is 1.59. The fourth-order valence-corrected chi connectivity index (χ4v) is 1.20. The third-order valence-corrected chi connectivity index (χ3v) is 1.85. The van der Waals surface area contributed by atoms with E-state index in [0.717, 1.165) is 0 Å². The molecule has 0 aromatic carbocycles. The van der Waals surface area contributed by atoms with Gasteiger partial charge in [-0.25, -0.2) is 4.98 Å². The van der Waals surface area contributed by atoms with E-state index in [0.29, 0.717) is 10.7 Å². The quantitative estimate of drug-likeness (QED) is 0.744. The molecule has 1 N–H and O–H groups in total. The Morgan fingerprint density at radius 2 is 2.38 bits per heavy atom. The first-order chi connectivity index (χ1) is 6.27. The lowest BCUT2D eigenvalue weighted by molar-refractivity contribution is 1.01. The standard InChI is InChI=1S/C8H6ClN3O/c9-6-3-7(8(13)11-4-6)12-2-1-10-5-12/h1-5H,(H,11,13). The molecule has 66 valence electrons. The summed E-state index contributed by atoms with van der Waals surface area (Å²) in [5, 5.41) is 0.489. The van der Waals surface area contributed by atoms with Crippen molar-refractivity contribution in [3.05, 3.63) is 46.4 Å². The Balaban J connectivity index is 2.64. The van der Waals surface area contributed by atoms with E-state index < -0.39 is 0 Å². The van der Waals surface area contributed by atoms with Gasteiger partial charge in [0.1, 0.15) is 5.69 Å². The number of aromatic nitrogens is 3. The van der Waals surface area contributed by atoms with E-state index in [1.54, 1.807) is 29.4 Å². The topological polar surface area (TPSA) is 50.7 Å². The summed E-state index contributed by atoms with van der Waals surface area (Å²) in [6.45, 7) is 0. The molecule has 0 spiro atoms. The predicted octanol–water partition coefficient (Wildman–Crippen LogP) is 1.21. The summed E-state index contributed by atoms with van der Waals surface area (Å²) < 4.78 is 1.60. The highest BCUT2D eigenvalue weighted by Crippen LogP contribution is 2.08. The third-order valence-electron chi connectivity index (χ3n) is 1.63. The van der Waals surface area contributed by atoms with Crippen molar-refractivity contribution >= 4 is 11.6 Å². The van der Waals surface area contributed by atoms with Crippen molar-refractivity contribution in [3.8, 4) is 5.69 Å². The van der Waals surface area contributed by atoms with E-state index in [4.69, 9.17) is 11.6 Å². The van der Waals surface area contributed by atoms with Gasteiger partial charge in [0.15, 0.2) is 0 Å². The van der Waals surface area contributed by atoms with Crippen LogP contribution in [0.5, 0.6) is 0 Å². The number of nitrogens with zero attached hydrogens (tertiary/aromatic N) is 2. The van der Waals surface area contributed by atoms with Crippen LogP contribution in [0.1, 0.15) is 0 Å². The van der Waals surface area contributed by atoms with Gasteiger partial charge in [-0.2, -0.15) is 0 Å². The van der Waals surface area contributed by atoms with E-state index in [1.807, 2.05) is 0 Å². The summed E-state index contributed by atoms with van der Waals surface area (Å²) in [6.07, 6.45) is 6.27. The number of hydrogen-bond acceptors (Lipinski definition) is 2. The normalized spacial score (nSPS) is 10.2. The van der Waals surface area contributed by atoms with Gasteiger partial charge in [0.2, 0.25) is 0 Å². The first-order valence-corrected chi connectivity index (χ1v) is 4.02. The molecule has 0 fully saturated rings. The molecule has 5 heteroatoms. The van der Waals surface area contributed by atoms with Crippen molar-refractivity contribution in [2.24, 2.45) is 0 Å². The Kier molecular flexibility index (Phi) is 1.90. The molecule has 0 saturated carbocycles. The molecule has 0 atom stereocenters. The first-order valence-electron chi connectivity index (χ1n) is 3.64. The van der Waals surface area contributed by atoms with Crippen LogP contribution in [-0.4, -0.2) is 14.5 Å². The third kappa shape index (κ3) is 1.48. The zero-order chi connectivity index (χ0) is 9.26. The SMILES string of the molecule is O=c1[nH]cc(Cl)cc1-n1ccnc1. The number of pyridine rings is 1. The number of nitrogens with one attached hydrogen (secondary N) is 1. The van der Waals surface area contributed by atoms with E-state index >= 15 is 0 Å². The molecule has 0 aliphatic rings. The van der Waals surface area contributed by atoms with Crippen LogP contribution in [-0.2, 0) is 0 Å². The maximum Gasteiger partial charge on any atom is 0.272 e. The zero-order valence-corrected chi connectivity index (χ0v) is 7.32. The molecule has 0 aliphatic carbocycles. The van der Waals surface area contributed by atoms with Crippen LogP contribution in [0.2, 0.25) is 5.02 Å². The van der Waals surface area contributed by atoms with Gasteiger partial charge in [0.25, 0.3) is 5.56 Å². The minimum atomic E-state index is -0.192. The highest BCUT2D eigenvalue weighted by Gasteiger charge is 2.01. The molecule has 0 saturated heterocycles. The number of aromatic amines is 1. The fraction of sp³-hybridized carbons (Fsp3) is 0. The maximum atomic E-state index is 11.3. The van der Waals surface area contributed by atoms with E-state index in [9.17, 15) is 4.79 Å². The van der Waals surface area contributed by atoms with Crippen LogP contribution >= 0.6 is 11.6 Å². The number of H-pyrrole nitrogens is 1. The zero-order valence-electron chi connectivity index (χ0n) is 6.57. The van der Waals surface area contributed by atoms with Gasteiger partial charge in [0, 0.05) is 18.6 Å². The Morgan fingerprint density at radius 3 is 3.08 bits per heavy atom. The van der Waals surface area contributed by atoms with Crippen molar-refractivity contribution < 1.29 is 0 Å². The monoisotopic (exact) mass is 195 g/mol. The Hall–Kier alpha value is -1.55. The average Bonchev–Trinajstić information content (AvgIpc) is 2.61. The van der Waals surface area contributed by atoms with Crippen molar-refractivity contribution in [1.82, 2.24) is 14.5 Å². The van der Waals surface area contributed by atoms with Crippen LogP contribution in [0, 0.1) is 0 Å². The lowest BCUT2D eigenvalue weighted by Gasteiger charge is -1.99. The van der Waals surface area contributed by atoms with Crippen molar-refractivity contribution in [2.45, 2.75) is 0 Å². The minimum Gasteiger partial charge on any atom is -0.326 e. The summed E-state index contributed by atoms with van der Waals surface area (Å²) >= 11 is 5.73. The van der Waals surface area contributed by atoms with Gasteiger partial charge in [-0.1, -0.05) is 11.6 Å². The molecule has 0 radical (unpaired) electrons.